The molecule has 0 aliphatic heterocycles. The van der Waals surface area contributed by atoms with Crippen LogP contribution < -0.4 is 4.74 Å². The van der Waals surface area contributed by atoms with Gasteiger partial charge in [0.2, 0.25) is 5.88 Å². The molecule has 3 heteroatoms. The van der Waals surface area contributed by atoms with Crippen molar-refractivity contribution in [2.24, 2.45) is 0 Å². The van der Waals surface area contributed by atoms with Crippen molar-refractivity contribution < 1.29 is 21.8 Å². The summed E-state index contributed by atoms with van der Waals surface area (Å²) in [5.41, 5.74) is 0.945. The van der Waals surface area contributed by atoms with Crippen molar-refractivity contribution in [1.29, 1.82) is 0 Å². The molecule has 18 heavy (non-hydrogen) atoms. The molecule has 0 bridgehead atoms. The molecule has 3 aromatic rings. The molecule has 0 aliphatic rings. The van der Waals surface area contributed by atoms with Gasteiger partial charge in [0.15, 0.2) is 0 Å². The van der Waals surface area contributed by atoms with E-state index in [0.29, 0.717) is 5.88 Å². The number of aromatic nitrogens is 1. The Hall–Kier alpha value is -1.83. The van der Waals surface area contributed by atoms with Gasteiger partial charge >= 0.3 is 0 Å². The Labute approximate surface area is 116 Å². The fourth-order valence-electron chi connectivity index (χ4n) is 1.71. The first kappa shape index (κ1) is 12.6. The van der Waals surface area contributed by atoms with E-state index in [9.17, 15) is 0 Å². The molecule has 0 saturated carbocycles. The molecular weight excluding hydrogens is 274 g/mol. The number of benzene rings is 2. The van der Waals surface area contributed by atoms with Crippen LogP contribution in [0.4, 0.5) is 0 Å². The topological polar surface area (TPSA) is 22.1 Å². The van der Waals surface area contributed by atoms with Gasteiger partial charge in [-0.05, 0) is 24.3 Å². The Morgan fingerprint density at radius 3 is 2.28 bits per heavy atom. The molecular formula is C15H11CuNO. The summed E-state index contributed by atoms with van der Waals surface area (Å²) in [5, 5.41) is 1.12. The molecule has 1 radical (unpaired) electrons. The van der Waals surface area contributed by atoms with Gasteiger partial charge in [0.25, 0.3) is 0 Å². The van der Waals surface area contributed by atoms with Crippen LogP contribution in [0.15, 0.2) is 66.7 Å². The fraction of sp³-hybridized carbons (Fsp3) is 0. The maximum absolute atomic E-state index is 5.68. The second-order valence-electron chi connectivity index (χ2n) is 3.76. The quantitative estimate of drug-likeness (QED) is 0.663. The summed E-state index contributed by atoms with van der Waals surface area (Å²) in [5.74, 6) is 1.42. The summed E-state index contributed by atoms with van der Waals surface area (Å²) in [6.07, 6.45) is 0. The normalized spacial score (nSPS) is 9.78. The largest absolute Gasteiger partial charge is 0.439 e. The van der Waals surface area contributed by atoms with Gasteiger partial charge < -0.3 is 4.74 Å². The molecule has 0 amide bonds. The Morgan fingerprint density at radius 1 is 0.722 bits per heavy atom. The molecule has 1 aromatic heterocycles. The van der Waals surface area contributed by atoms with Crippen LogP contribution in [0.1, 0.15) is 0 Å². The molecule has 3 rings (SSSR count). The zero-order valence-electron chi connectivity index (χ0n) is 9.51. The number of para-hydroxylation sites is 2. The first-order valence-electron chi connectivity index (χ1n) is 5.50. The summed E-state index contributed by atoms with van der Waals surface area (Å²) in [7, 11) is 0. The van der Waals surface area contributed by atoms with Crippen molar-refractivity contribution >= 4 is 10.9 Å². The number of fused-ring (bicyclic) bond motifs is 1. The summed E-state index contributed by atoms with van der Waals surface area (Å²) in [6.45, 7) is 0. The summed E-state index contributed by atoms with van der Waals surface area (Å²) in [4.78, 5) is 4.45. The molecule has 0 fully saturated rings. The standard InChI is InChI=1S/C15H11NO.Cu/c1-2-7-13(8-3-1)17-15-11-10-12-6-4-5-9-14(12)16-15;/h1-11H;. The molecule has 0 N–H and O–H groups in total. The molecule has 0 atom stereocenters. The van der Waals surface area contributed by atoms with Crippen molar-refractivity contribution in [2.45, 2.75) is 0 Å². The van der Waals surface area contributed by atoms with Gasteiger partial charge in [-0.25, -0.2) is 4.98 Å². The molecule has 0 unspecified atom stereocenters. The van der Waals surface area contributed by atoms with E-state index in [4.69, 9.17) is 4.74 Å². The van der Waals surface area contributed by atoms with Gasteiger partial charge in [0.05, 0.1) is 5.52 Å². The zero-order valence-corrected chi connectivity index (χ0v) is 10.4. The average molecular weight is 285 g/mol. The van der Waals surface area contributed by atoms with Crippen LogP contribution in [0, 0.1) is 0 Å². The maximum atomic E-state index is 5.68. The van der Waals surface area contributed by atoms with Crippen molar-refractivity contribution in [3.63, 3.8) is 0 Å². The minimum Gasteiger partial charge on any atom is -0.439 e. The number of nitrogens with zero attached hydrogens (tertiary/aromatic N) is 1. The third kappa shape index (κ3) is 2.70. The zero-order chi connectivity index (χ0) is 11.5. The van der Waals surface area contributed by atoms with Crippen molar-refractivity contribution in [3.8, 4) is 11.6 Å². The number of hydrogen-bond donors (Lipinski definition) is 0. The first-order chi connectivity index (χ1) is 8.42. The van der Waals surface area contributed by atoms with Crippen LogP contribution >= 0.6 is 0 Å². The molecule has 2 aromatic carbocycles. The van der Waals surface area contributed by atoms with E-state index in [2.05, 4.69) is 4.98 Å². The number of pyridine rings is 1. The number of ether oxygens (including phenoxy) is 1. The number of hydrogen-bond acceptors (Lipinski definition) is 2. The van der Waals surface area contributed by atoms with Crippen LogP contribution in [0.2, 0.25) is 0 Å². The Morgan fingerprint density at radius 2 is 1.44 bits per heavy atom. The van der Waals surface area contributed by atoms with E-state index in [1.807, 2.05) is 66.7 Å². The second-order valence-corrected chi connectivity index (χ2v) is 3.76. The third-order valence-corrected chi connectivity index (χ3v) is 2.54. The fourth-order valence-corrected chi connectivity index (χ4v) is 1.71. The van der Waals surface area contributed by atoms with Gasteiger partial charge in [-0.1, -0.05) is 36.4 Å². The van der Waals surface area contributed by atoms with Crippen LogP contribution in [0.3, 0.4) is 0 Å². The minimum atomic E-state index is 0. The van der Waals surface area contributed by atoms with E-state index >= 15 is 0 Å². The van der Waals surface area contributed by atoms with E-state index in [0.717, 1.165) is 16.7 Å². The van der Waals surface area contributed by atoms with Crippen LogP contribution in [-0.2, 0) is 17.1 Å². The molecule has 0 spiro atoms. The van der Waals surface area contributed by atoms with Crippen molar-refractivity contribution in [2.75, 3.05) is 0 Å². The van der Waals surface area contributed by atoms with E-state index in [1.165, 1.54) is 0 Å². The van der Waals surface area contributed by atoms with E-state index in [1.54, 1.807) is 0 Å². The van der Waals surface area contributed by atoms with Crippen molar-refractivity contribution in [1.82, 2.24) is 4.98 Å². The Bertz CT molecular complexity index is 640. The Kier molecular flexibility index (Phi) is 3.98. The van der Waals surface area contributed by atoms with Crippen LogP contribution in [0.5, 0.6) is 11.6 Å². The molecule has 1 heterocycles. The predicted molar refractivity (Wildman–Crippen MR) is 68.3 cm³/mol. The van der Waals surface area contributed by atoms with Gasteiger partial charge in [-0.3, -0.25) is 0 Å². The molecule has 2 nitrogen and oxygen atoms in total. The predicted octanol–water partition coefficient (Wildman–Crippen LogP) is 4.02. The third-order valence-electron chi connectivity index (χ3n) is 2.54. The van der Waals surface area contributed by atoms with E-state index in [-0.39, 0.29) is 17.1 Å². The first-order valence-corrected chi connectivity index (χ1v) is 5.50. The van der Waals surface area contributed by atoms with Gasteiger partial charge in [0, 0.05) is 28.5 Å². The van der Waals surface area contributed by atoms with Gasteiger partial charge in [-0.2, -0.15) is 0 Å². The SMILES string of the molecule is [Cu].c1ccc(Oc2ccc3ccccc3n2)cc1. The van der Waals surface area contributed by atoms with Gasteiger partial charge in [0.1, 0.15) is 5.75 Å². The van der Waals surface area contributed by atoms with E-state index < -0.39 is 0 Å². The maximum Gasteiger partial charge on any atom is 0.219 e. The summed E-state index contributed by atoms with van der Waals surface area (Å²) < 4.78 is 5.68. The molecule has 93 valence electrons. The van der Waals surface area contributed by atoms with Gasteiger partial charge in [-0.15, -0.1) is 0 Å². The summed E-state index contributed by atoms with van der Waals surface area (Å²) >= 11 is 0. The van der Waals surface area contributed by atoms with Crippen LogP contribution in [0.25, 0.3) is 10.9 Å². The second kappa shape index (κ2) is 5.67. The molecule has 0 aliphatic carbocycles. The Balaban J connectivity index is 0.00000120. The van der Waals surface area contributed by atoms with Crippen molar-refractivity contribution in [3.05, 3.63) is 66.7 Å². The summed E-state index contributed by atoms with van der Waals surface area (Å²) in [6, 6.07) is 21.6. The minimum absolute atomic E-state index is 0. The monoisotopic (exact) mass is 284 g/mol. The average Bonchev–Trinajstić information content (AvgIpc) is 2.40. The number of rotatable bonds is 2. The van der Waals surface area contributed by atoms with Crippen LogP contribution in [-0.4, -0.2) is 4.98 Å². The molecule has 0 saturated heterocycles. The smallest absolute Gasteiger partial charge is 0.219 e.